The Bertz CT molecular complexity index is 747. The monoisotopic (exact) mass is 396 g/mol. The number of rotatable bonds is 9. The number of nitrogens with zero attached hydrogens (tertiary/aromatic N) is 1. The van der Waals surface area contributed by atoms with Gasteiger partial charge in [-0.1, -0.05) is 20.3 Å². The maximum Gasteiger partial charge on any atom is 0.243 e. The van der Waals surface area contributed by atoms with Crippen LogP contribution in [0.2, 0.25) is 0 Å². The summed E-state index contributed by atoms with van der Waals surface area (Å²) in [6, 6.07) is 4.89. The Hall–Kier alpha value is -1.64. The molecule has 1 amide bonds. The molecular formula is C19H32N4O3S. The van der Waals surface area contributed by atoms with E-state index in [9.17, 15) is 13.2 Å². The molecule has 0 aliphatic heterocycles. The van der Waals surface area contributed by atoms with E-state index >= 15 is 0 Å². The summed E-state index contributed by atoms with van der Waals surface area (Å²) in [4.78, 5) is 12.7. The van der Waals surface area contributed by atoms with E-state index in [2.05, 4.69) is 10.6 Å². The Morgan fingerprint density at radius 1 is 1.19 bits per heavy atom. The number of hydrogen-bond donors (Lipinski definition) is 3. The minimum absolute atomic E-state index is 0.0679. The molecule has 152 valence electrons. The molecule has 1 fully saturated rings. The lowest BCUT2D eigenvalue weighted by molar-refractivity contribution is -0.117. The van der Waals surface area contributed by atoms with Crippen molar-refractivity contribution in [3.8, 4) is 0 Å². The molecule has 0 saturated heterocycles. The van der Waals surface area contributed by atoms with Crippen molar-refractivity contribution >= 4 is 27.3 Å². The van der Waals surface area contributed by atoms with Gasteiger partial charge in [0.05, 0.1) is 16.3 Å². The van der Waals surface area contributed by atoms with Gasteiger partial charge in [0, 0.05) is 32.1 Å². The number of nitrogens with one attached hydrogen (secondary N) is 2. The van der Waals surface area contributed by atoms with Crippen molar-refractivity contribution in [3.63, 3.8) is 0 Å². The summed E-state index contributed by atoms with van der Waals surface area (Å²) in [5, 5.41) is 6.06. The summed E-state index contributed by atoms with van der Waals surface area (Å²) in [5.74, 6) is 0.0593. The molecular weight excluding hydrogens is 364 g/mol. The molecule has 1 aromatic carbocycles. The van der Waals surface area contributed by atoms with Crippen molar-refractivity contribution in [1.82, 2.24) is 4.31 Å². The van der Waals surface area contributed by atoms with Crippen LogP contribution in [0.5, 0.6) is 0 Å². The number of carbonyl (C=O) groups excluding carboxylic acids is 1. The molecule has 0 bridgehead atoms. The Labute approximate surface area is 162 Å². The quantitative estimate of drug-likeness (QED) is 0.595. The van der Waals surface area contributed by atoms with Crippen LogP contribution in [-0.4, -0.2) is 44.3 Å². The van der Waals surface area contributed by atoms with E-state index in [1.54, 1.807) is 12.1 Å². The van der Waals surface area contributed by atoms with Crippen LogP contribution in [0.15, 0.2) is 23.1 Å². The Balaban J connectivity index is 2.25. The maximum atomic E-state index is 12.8. The predicted octanol–water partition coefficient (Wildman–Crippen LogP) is 2.60. The Kier molecular flexibility index (Phi) is 7.64. The summed E-state index contributed by atoms with van der Waals surface area (Å²) in [6.07, 6.45) is 3.34. The van der Waals surface area contributed by atoms with Crippen LogP contribution in [0.4, 0.5) is 11.4 Å². The zero-order valence-corrected chi connectivity index (χ0v) is 17.3. The van der Waals surface area contributed by atoms with E-state index in [-0.39, 0.29) is 22.8 Å². The molecule has 1 saturated carbocycles. The average molecular weight is 397 g/mol. The van der Waals surface area contributed by atoms with Crippen molar-refractivity contribution in [1.29, 1.82) is 0 Å². The normalized spacial score (nSPS) is 20.0. The van der Waals surface area contributed by atoms with Gasteiger partial charge in [-0.05, 0) is 43.9 Å². The fraction of sp³-hybridized carbons (Fsp3) is 0.632. The first-order chi connectivity index (χ1) is 12.8. The SMILES string of the molecule is CCNc1ccc(S(=O)(=O)N(CC)CC)cc1NC(=O)C[C@@H]1CCC[C@H]1N. The predicted molar refractivity (Wildman–Crippen MR) is 109 cm³/mol. The standard InChI is InChI=1S/C19H32N4O3S/c1-4-21-17-11-10-15(27(25,26)23(5-2)6-3)13-18(17)22-19(24)12-14-8-7-9-16(14)20/h10-11,13-14,16,21H,4-9,12,20H2,1-3H3,(H,22,24)/t14-,16+/m0/s1. The molecule has 0 unspecified atom stereocenters. The molecule has 2 atom stereocenters. The smallest absolute Gasteiger partial charge is 0.243 e. The fourth-order valence-electron chi connectivity index (χ4n) is 3.60. The third-order valence-electron chi connectivity index (χ3n) is 5.14. The second-order valence-corrected chi connectivity index (χ2v) is 8.87. The molecule has 1 aromatic rings. The lowest BCUT2D eigenvalue weighted by Crippen LogP contribution is -2.31. The van der Waals surface area contributed by atoms with Crippen LogP contribution < -0.4 is 16.4 Å². The molecule has 0 spiro atoms. The van der Waals surface area contributed by atoms with Gasteiger partial charge in [0.15, 0.2) is 0 Å². The van der Waals surface area contributed by atoms with Crippen LogP contribution in [0.3, 0.4) is 0 Å². The number of anilines is 2. The van der Waals surface area contributed by atoms with Crippen molar-refractivity contribution in [2.75, 3.05) is 30.3 Å². The van der Waals surface area contributed by atoms with Crippen molar-refractivity contribution < 1.29 is 13.2 Å². The molecule has 7 nitrogen and oxygen atoms in total. The van der Waals surface area contributed by atoms with Gasteiger partial charge in [0.2, 0.25) is 15.9 Å². The third-order valence-corrected chi connectivity index (χ3v) is 7.19. The first-order valence-electron chi connectivity index (χ1n) is 9.76. The highest BCUT2D eigenvalue weighted by Gasteiger charge is 2.27. The largest absolute Gasteiger partial charge is 0.384 e. The van der Waals surface area contributed by atoms with E-state index in [1.165, 1.54) is 10.4 Å². The van der Waals surface area contributed by atoms with Crippen molar-refractivity contribution in [2.24, 2.45) is 11.7 Å². The van der Waals surface area contributed by atoms with Gasteiger partial charge in [-0.15, -0.1) is 0 Å². The van der Waals surface area contributed by atoms with Gasteiger partial charge < -0.3 is 16.4 Å². The minimum Gasteiger partial charge on any atom is -0.384 e. The maximum absolute atomic E-state index is 12.8. The summed E-state index contributed by atoms with van der Waals surface area (Å²) >= 11 is 0. The van der Waals surface area contributed by atoms with Gasteiger partial charge >= 0.3 is 0 Å². The minimum atomic E-state index is -3.59. The summed E-state index contributed by atoms with van der Waals surface area (Å²) in [5.41, 5.74) is 7.26. The molecule has 4 N–H and O–H groups in total. The van der Waals surface area contributed by atoms with E-state index in [1.807, 2.05) is 20.8 Å². The van der Waals surface area contributed by atoms with E-state index in [4.69, 9.17) is 5.73 Å². The number of sulfonamides is 1. The Morgan fingerprint density at radius 2 is 1.89 bits per heavy atom. The highest BCUT2D eigenvalue weighted by atomic mass is 32.2. The van der Waals surface area contributed by atoms with Crippen LogP contribution >= 0.6 is 0 Å². The summed E-state index contributed by atoms with van der Waals surface area (Å²) in [6.45, 7) is 7.02. The lowest BCUT2D eigenvalue weighted by Gasteiger charge is -2.21. The molecule has 0 aromatic heterocycles. The van der Waals surface area contributed by atoms with Gasteiger partial charge in [0.25, 0.3) is 0 Å². The van der Waals surface area contributed by atoms with Gasteiger partial charge in [0.1, 0.15) is 0 Å². The molecule has 8 heteroatoms. The van der Waals surface area contributed by atoms with Crippen LogP contribution in [0.25, 0.3) is 0 Å². The van der Waals surface area contributed by atoms with Crippen LogP contribution in [-0.2, 0) is 14.8 Å². The highest BCUT2D eigenvalue weighted by molar-refractivity contribution is 7.89. The first-order valence-corrected chi connectivity index (χ1v) is 11.2. The summed E-state index contributed by atoms with van der Waals surface area (Å²) in [7, 11) is -3.59. The Morgan fingerprint density at radius 3 is 2.44 bits per heavy atom. The number of nitrogens with two attached hydrogens (primary N) is 1. The molecule has 1 aliphatic carbocycles. The number of carbonyl (C=O) groups is 1. The van der Waals surface area contributed by atoms with Gasteiger partial charge in [-0.3, -0.25) is 4.79 Å². The van der Waals surface area contributed by atoms with E-state index in [0.29, 0.717) is 37.4 Å². The molecule has 1 aliphatic rings. The third kappa shape index (κ3) is 5.21. The van der Waals surface area contributed by atoms with Crippen molar-refractivity contribution in [3.05, 3.63) is 18.2 Å². The molecule has 0 radical (unpaired) electrons. The van der Waals surface area contributed by atoms with Crippen molar-refractivity contribution in [2.45, 2.75) is 57.4 Å². The number of amides is 1. The zero-order chi connectivity index (χ0) is 20.0. The first kappa shape index (κ1) is 21.7. The highest BCUT2D eigenvalue weighted by Crippen LogP contribution is 2.30. The lowest BCUT2D eigenvalue weighted by atomic mass is 10.00. The number of benzene rings is 1. The topological polar surface area (TPSA) is 105 Å². The zero-order valence-electron chi connectivity index (χ0n) is 16.5. The fourth-order valence-corrected chi connectivity index (χ4v) is 5.09. The van der Waals surface area contributed by atoms with E-state index in [0.717, 1.165) is 19.3 Å². The van der Waals surface area contributed by atoms with Crippen LogP contribution in [0, 0.1) is 5.92 Å². The second kappa shape index (κ2) is 9.52. The number of hydrogen-bond acceptors (Lipinski definition) is 5. The molecule has 27 heavy (non-hydrogen) atoms. The average Bonchev–Trinajstić information content (AvgIpc) is 3.02. The van der Waals surface area contributed by atoms with E-state index < -0.39 is 10.0 Å². The van der Waals surface area contributed by atoms with Gasteiger partial charge in [-0.2, -0.15) is 4.31 Å². The second-order valence-electron chi connectivity index (χ2n) is 6.93. The van der Waals surface area contributed by atoms with Crippen LogP contribution in [0.1, 0.15) is 46.5 Å². The van der Waals surface area contributed by atoms with Gasteiger partial charge in [-0.25, -0.2) is 8.42 Å². The molecule has 2 rings (SSSR count). The molecule has 0 heterocycles. The summed E-state index contributed by atoms with van der Waals surface area (Å²) < 4.78 is 27.0.